The van der Waals surface area contributed by atoms with Gasteiger partial charge < -0.3 is 10.2 Å². The highest BCUT2D eigenvalue weighted by Crippen LogP contribution is 2.11. The number of pyridine rings is 1. The quantitative estimate of drug-likeness (QED) is 0.794. The fraction of sp³-hybridized carbons (Fsp3) is 0.545. The van der Waals surface area contributed by atoms with Gasteiger partial charge in [-0.05, 0) is 18.1 Å². The van der Waals surface area contributed by atoms with Crippen LogP contribution in [0.1, 0.15) is 13.8 Å². The summed E-state index contributed by atoms with van der Waals surface area (Å²) < 4.78 is 0. The molecule has 1 rings (SSSR count). The average molecular weight is 193 g/mol. The monoisotopic (exact) mass is 193 g/mol. The summed E-state index contributed by atoms with van der Waals surface area (Å²) in [5.74, 6) is 1.64. The minimum Gasteiger partial charge on any atom is -0.384 e. The normalized spacial score (nSPS) is 10.4. The minimum atomic E-state index is 0.656. The van der Waals surface area contributed by atoms with E-state index in [2.05, 4.69) is 30.2 Å². The van der Waals surface area contributed by atoms with Crippen LogP contribution in [0, 0.1) is 5.92 Å². The second kappa shape index (κ2) is 4.84. The third-order valence-electron chi connectivity index (χ3n) is 1.92. The van der Waals surface area contributed by atoms with Crippen LogP contribution in [-0.4, -0.2) is 25.6 Å². The molecule has 3 nitrogen and oxygen atoms in total. The topological polar surface area (TPSA) is 28.2 Å². The predicted octanol–water partition coefficient (Wildman–Crippen LogP) is 2.22. The van der Waals surface area contributed by atoms with E-state index >= 15 is 0 Å². The van der Waals surface area contributed by atoms with Crippen molar-refractivity contribution in [2.45, 2.75) is 13.8 Å². The second-order valence-corrected chi connectivity index (χ2v) is 4.07. The van der Waals surface area contributed by atoms with E-state index in [1.807, 2.05) is 31.3 Å². The van der Waals surface area contributed by atoms with Crippen LogP contribution in [-0.2, 0) is 0 Å². The van der Waals surface area contributed by atoms with E-state index in [0.29, 0.717) is 5.92 Å². The maximum absolute atomic E-state index is 4.32. The molecule has 78 valence electrons. The van der Waals surface area contributed by atoms with Crippen LogP contribution in [0.3, 0.4) is 0 Å². The van der Waals surface area contributed by atoms with Crippen LogP contribution in [0.15, 0.2) is 18.3 Å². The zero-order chi connectivity index (χ0) is 10.6. The molecule has 0 radical (unpaired) electrons. The molecule has 0 aliphatic heterocycles. The molecule has 0 amide bonds. The van der Waals surface area contributed by atoms with Crippen molar-refractivity contribution in [3.8, 4) is 0 Å². The Balaban J connectivity index is 2.55. The lowest BCUT2D eigenvalue weighted by Crippen LogP contribution is -2.11. The summed E-state index contributed by atoms with van der Waals surface area (Å²) in [5, 5.41) is 3.33. The molecule has 0 saturated carbocycles. The van der Waals surface area contributed by atoms with Gasteiger partial charge in [0.15, 0.2) is 0 Å². The molecule has 0 unspecified atom stereocenters. The minimum absolute atomic E-state index is 0.656. The fourth-order valence-corrected chi connectivity index (χ4v) is 1.08. The number of nitrogens with one attached hydrogen (secondary N) is 1. The van der Waals surface area contributed by atoms with E-state index < -0.39 is 0 Å². The highest BCUT2D eigenvalue weighted by atomic mass is 15.1. The molecule has 3 heteroatoms. The number of anilines is 2. The maximum Gasteiger partial charge on any atom is 0.128 e. The van der Waals surface area contributed by atoms with E-state index in [1.165, 1.54) is 0 Å². The Kier molecular flexibility index (Phi) is 3.74. The zero-order valence-electron chi connectivity index (χ0n) is 9.41. The number of hydrogen-bond donors (Lipinski definition) is 1. The van der Waals surface area contributed by atoms with E-state index in [9.17, 15) is 0 Å². The van der Waals surface area contributed by atoms with Crippen LogP contribution in [0.25, 0.3) is 0 Å². The Bertz CT molecular complexity index is 264. The van der Waals surface area contributed by atoms with Gasteiger partial charge in [-0.3, -0.25) is 0 Å². The van der Waals surface area contributed by atoms with Crippen molar-refractivity contribution in [1.29, 1.82) is 0 Å². The SMILES string of the molecule is CC(C)CNc1ccc(N(C)C)nc1. The molecule has 0 aliphatic carbocycles. The van der Waals surface area contributed by atoms with E-state index in [1.54, 1.807) is 0 Å². The summed E-state index contributed by atoms with van der Waals surface area (Å²) >= 11 is 0. The Morgan fingerprint density at radius 1 is 1.36 bits per heavy atom. The second-order valence-electron chi connectivity index (χ2n) is 4.07. The van der Waals surface area contributed by atoms with Gasteiger partial charge in [0, 0.05) is 20.6 Å². The summed E-state index contributed by atoms with van der Waals surface area (Å²) in [6.45, 7) is 5.37. The van der Waals surface area contributed by atoms with Crippen molar-refractivity contribution in [2.24, 2.45) is 5.92 Å². The van der Waals surface area contributed by atoms with Crippen molar-refractivity contribution in [3.05, 3.63) is 18.3 Å². The maximum atomic E-state index is 4.32. The van der Waals surface area contributed by atoms with Gasteiger partial charge in [-0.25, -0.2) is 4.98 Å². The van der Waals surface area contributed by atoms with Gasteiger partial charge in [0.05, 0.1) is 11.9 Å². The van der Waals surface area contributed by atoms with Crippen molar-refractivity contribution in [1.82, 2.24) is 4.98 Å². The Morgan fingerprint density at radius 2 is 2.07 bits per heavy atom. The van der Waals surface area contributed by atoms with Crippen LogP contribution in [0.5, 0.6) is 0 Å². The molecule has 0 spiro atoms. The van der Waals surface area contributed by atoms with E-state index in [-0.39, 0.29) is 0 Å². The van der Waals surface area contributed by atoms with E-state index in [0.717, 1.165) is 18.1 Å². The molecular formula is C11H19N3. The summed E-state index contributed by atoms with van der Waals surface area (Å²) in [4.78, 5) is 6.31. The molecule has 14 heavy (non-hydrogen) atoms. The first kappa shape index (κ1) is 10.8. The van der Waals surface area contributed by atoms with Gasteiger partial charge >= 0.3 is 0 Å². The summed E-state index contributed by atoms with van der Waals surface area (Å²) in [5.41, 5.74) is 1.09. The third-order valence-corrected chi connectivity index (χ3v) is 1.92. The number of rotatable bonds is 4. The highest BCUT2D eigenvalue weighted by Gasteiger charge is 1.97. The first-order valence-corrected chi connectivity index (χ1v) is 4.97. The molecule has 0 bridgehead atoms. The molecule has 0 aromatic carbocycles. The Morgan fingerprint density at radius 3 is 2.50 bits per heavy atom. The number of nitrogens with zero attached hydrogens (tertiary/aromatic N) is 2. The standard InChI is InChI=1S/C11H19N3/c1-9(2)7-12-10-5-6-11(13-8-10)14(3)4/h5-6,8-9,12H,7H2,1-4H3. The molecule has 0 atom stereocenters. The van der Waals surface area contributed by atoms with Gasteiger partial charge in [0.1, 0.15) is 5.82 Å². The van der Waals surface area contributed by atoms with Crippen LogP contribution >= 0.6 is 0 Å². The highest BCUT2D eigenvalue weighted by molar-refractivity contribution is 5.47. The average Bonchev–Trinajstić information content (AvgIpc) is 2.15. The van der Waals surface area contributed by atoms with Crippen LogP contribution in [0.2, 0.25) is 0 Å². The molecule has 0 saturated heterocycles. The first-order valence-electron chi connectivity index (χ1n) is 4.97. The van der Waals surface area contributed by atoms with Crippen molar-refractivity contribution in [3.63, 3.8) is 0 Å². The predicted molar refractivity (Wildman–Crippen MR) is 61.9 cm³/mol. The molecule has 1 N–H and O–H groups in total. The number of hydrogen-bond acceptors (Lipinski definition) is 3. The van der Waals surface area contributed by atoms with Gasteiger partial charge in [-0.1, -0.05) is 13.8 Å². The molecule has 0 aliphatic rings. The van der Waals surface area contributed by atoms with Crippen molar-refractivity contribution in [2.75, 3.05) is 30.9 Å². The summed E-state index contributed by atoms with van der Waals surface area (Å²) in [6.07, 6.45) is 1.87. The molecule has 1 aromatic rings. The van der Waals surface area contributed by atoms with Gasteiger partial charge in [0.2, 0.25) is 0 Å². The lowest BCUT2D eigenvalue weighted by atomic mass is 10.2. The van der Waals surface area contributed by atoms with Crippen molar-refractivity contribution >= 4 is 11.5 Å². The molecular weight excluding hydrogens is 174 g/mol. The fourth-order valence-electron chi connectivity index (χ4n) is 1.08. The number of aromatic nitrogens is 1. The van der Waals surface area contributed by atoms with Crippen LogP contribution < -0.4 is 10.2 Å². The lowest BCUT2D eigenvalue weighted by molar-refractivity contribution is 0.688. The van der Waals surface area contributed by atoms with E-state index in [4.69, 9.17) is 0 Å². The van der Waals surface area contributed by atoms with Gasteiger partial charge in [-0.2, -0.15) is 0 Å². The summed E-state index contributed by atoms with van der Waals surface area (Å²) in [7, 11) is 3.98. The van der Waals surface area contributed by atoms with Gasteiger partial charge in [-0.15, -0.1) is 0 Å². The molecule has 1 aromatic heterocycles. The van der Waals surface area contributed by atoms with Crippen molar-refractivity contribution < 1.29 is 0 Å². The van der Waals surface area contributed by atoms with Crippen LogP contribution in [0.4, 0.5) is 11.5 Å². The Labute approximate surface area is 86.2 Å². The van der Waals surface area contributed by atoms with Gasteiger partial charge in [0.25, 0.3) is 0 Å². The first-order chi connectivity index (χ1) is 6.59. The smallest absolute Gasteiger partial charge is 0.128 e. The largest absolute Gasteiger partial charge is 0.384 e. The zero-order valence-corrected chi connectivity index (χ0v) is 9.41. The Hall–Kier alpha value is -1.25. The lowest BCUT2D eigenvalue weighted by Gasteiger charge is -2.12. The molecule has 1 heterocycles. The molecule has 0 fully saturated rings. The summed E-state index contributed by atoms with van der Waals surface area (Å²) in [6, 6.07) is 4.08. The third kappa shape index (κ3) is 3.24.